The molecule has 1 aromatic rings. The summed E-state index contributed by atoms with van der Waals surface area (Å²) < 4.78 is 19.4. The minimum absolute atomic E-state index is 0.0827. The highest BCUT2D eigenvalue weighted by molar-refractivity contribution is 5.51. The fourth-order valence-corrected chi connectivity index (χ4v) is 2.44. The lowest BCUT2D eigenvalue weighted by Gasteiger charge is -2.43. The minimum atomic E-state index is -0.466. The summed E-state index contributed by atoms with van der Waals surface area (Å²) in [5.74, 6) is -0.466. The van der Waals surface area contributed by atoms with Gasteiger partial charge in [0.2, 0.25) is 0 Å². The number of anilines is 1. The van der Waals surface area contributed by atoms with Crippen LogP contribution in [-0.4, -0.2) is 24.8 Å². The maximum Gasteiger partial charge on any atom is 0.143 e. The van der Waals surface area contributed by atoms with E-state index in [1.165, 1.54) is 12.1 Å². The number of hydrogen-bond acceptors (Lipinski definition) is 3. The zero-order chi connectivity index (χ0) is 13.3. The molecule has 1 aromatic carbocycles. The van der Waals surface area contributed by atoms with Gasteiger partial charge in [-0.2, -0.15) is 5.26 Å². The van der Waals surface area contributed by atoms with Crippen LogP contribution in [0.4, 0.5) is 10.1 Å². The van der Waals surface area contributed by atoms with Crippen LogP contribution < -0.4 is 4.90 Å². The van der Waals surface area contributed by atoms with Crippen molar-refractivity contribution in [3.8, 4) is 6.07 Å². The lowest BCUT2D eigenvalue weighted by Crippen LogP contribution is -2.52. The molecule has 3 nitrogen and oxygen atoms in total. The molecule has 2 rings (SSSR count). The highest BCUT2D eigenvalue weighted by atomic mass is 19.1. The second-order valence-corrected chi connectivity index (χ2v) is 5.34. The topological polar surface area (TPSA) is 36.3 Å². The van der Waals surface area contributed by atoms with E-state index in [1.807, 2.05) is 26.8 Å². The van der Waals surface area contributed by atoms with Gasteiger partial charge in [-0.3, -0.25) is 0 Å². The van der Waals surface area contributed by atoms with E-state index >= 15 is 0 Å². The predicted molar refractivity (Wildman–Crippen MR) is 68.0 cm³/mol. The van der Waals surface area contributed by atoms with Crippen LogP contribution in [0.25, 0.3) is 0 Å². The van der Waals surface area contributed by atoms with Crippen molar-refractivity contribution in [1.29, 1.82) is 5.26 Å². The molecule has 1 aliphatic heterocycles. The number of morpholine rings is 1. The fourth-order valence-electron chi connectivity index (χ4n) is 2.44. The van der Waals surface area contributed by atoms with Gasteiger partial charge in [0.25, 0.3) is 0 Å². The second-order valence-electron chi connectivity index (χ2n) is 5.34. The Labute approximate surface area is 107 Å². The number of nitriles is 1. The number of hydrogen-bond donors (Lipinski definition) is 0. The lowest BCUT2D eigenvalue weighted by atomic mass is 10.0. The molecule has 1 atom stereocenters. The SMILES string of the molecule is CC1CN(c2ccc(C#N)c(F)c2)CC(C)(C)O1. The van der Waals surface area contributed by atoms with Crippen LogP contribution in [-0.2, 0) is 4.74 Å². The molecular formula is C14H17FN2O. The van der Waals surface area contributed by atoms with E-state index in [0.29, 0.717) is 6.54 Å². The van der Waals surface area contributed by atoms with Crippen LogP contribution in [0.1, 0.15) is 26.3 Å². The van der Waals surface area contributed by atoms with Crippen molar-refractivity contribution in [3.05, 3.63) is 29.6 Å². The van der Waals surface area contributed by atoms with E-state index in [-0.39, 0.29) is 17.3 Å². The molecule has 1 fully saturated rings. The van der Waals surface area contributed by atoms with E-state index in [9.17, 15) is 4.39 Å². The molecule has 1 aliphatic rings. The molecule has 1 saturated heterocycles. The molecule has 0 bridgehead atoms. The van der Waals surface area contributed by atoms with Gasteiger partial charge in [0.05, 0.1) is 17.3 Å². The Morgan fingerprint density at radius 2 is 2.22 bits per heavy atom. The average Bonchev–Trinajstić information content (AvgIpc) is 2.26. The van der Waals surface area contributed by atoms with Crippen molar-refractivity contribution in [3.63, 3.8) is 0 Å². The van der Waals surface area contributed by atoms with Crippen LogP contribution in [0.3, 0.4) is 0 Å². The highest BCUT2D eigenvalue weighted by Gasteiger charge is 2.31. The Bertz CT molecular complexity index is 493. The van der Waals surface area contributed by atoms with Crippen molar-refractivity contribution < 1.29 is 9.13 Å². The zero-order valence-electron chi connectivity index (χ0n) is 10.9. The minimum Gasteiger partial charge on any atom is -0.369 e. The summed E-state index contributed by atoms with van der Waals surface area (Å²) >= 11 is 0. The monoisotopic (exact) mass is 248 g/mol. The van der Waals surface area contributed by atoms with Crippen LogP contribution >= 0.6 is 0 Å². The van der Waals surface area contributed by atoms with Crippen LogP contribution in [0.5, 0.6) is 0 Å². The third-order valence-electron chi connectivity index (χ3n) is 3.01. The second kappa shape index (κ2) is 4.58. The zero-order valence-corrected chi connectivity index (χ0v) is 10.9. The Hall–Kier alpha value is -1.60. The molecule has 1 unspecified atom stereocenters. The van der Waals surface area contributed by atoms with E-state index in [0.717, 1.165) is 12.2 Å². The summed E-state index contributed by atoms with van der Waals surface area (Å²) in [4.78, 5) is 2.10. The van der Waals surface area contributed by atoms with Crippen molar-refractivity contribution in [2.75, 3.05) is 18.0 Å². The summed E-state index contributed by atoms with van der Waals surface area (Å²) in [7, 11) is 0. The van der Waals surface area contributed by atoms with Crippen molar-refractivity contribution in [1.82, 2.24) is 0 Å². The standard InChI is InChI=1S/C14H17FN2O/c1-10-8-17(9-14(2,3)18-10)12-5-4-11(7-16)13(15)6-12/h4-6,10H,8-9H2,1-3H3. The summed E-state index contributed by atoms with van der Waals surface area (Å²) in [6.45, 7) is 7.50. The number of ether oxygens (including phenoxy) is 1. The average molecular weight is 248 g/mol. The molecule has 1 heterocycles. The molecular weight excluding hydrogens is 231 g/mol. The number of halogens is 1. The molecule has 18 heavy (non-hydrogen) atoms. The first kappa shape index (κ1) is 12.8. The van der Waals surface area contributed by atoms with E-state index in [4.69, 9.17) is 10.00 Å². The molecule has 0 amide bonds. The van der Waals surface area contributed by atoms with Crippen molar-refractivity contribution >= 4 is 5.69 Å². The highest BCUT2D eigenvalue weighted by Crippen LogP contribution is 2.27. The van der Waals surface area contributed by atoms with Crippen LogP contribution in [0.2, 0.25) is 0 Å². The van der Waals surface area contributed by atoms with Gasteiger partial charge in [-0.1, -0.05) is 0 Å². The first-order valence-electron chi connectivity index (χ1n) is 6.04. The van der Waals surface area contributed by atoms with E-state index < -0.39 is 5.82 Å². The first-order chi connectivity index (χ1) is 8.41. The molecule has 96 valence electrons. The summed E-state index contributed by atoms with van der Waals surface area (Å²) in [6.07, 6.45) is 0.104. The summed E-state index contributed by atoms with van der Waals surface area (Å²) in [6, 6.07) is 6.57. The van der Waals surface area contributed by atoms with Gasteiger partial charge in [-0.15, -0.1) is 0 Å². The smallest absolute Gasteiger partial charge is 0.143 e. The molecule has 0 N–H and O–H groups in total. The van der Waals surface area contributed by atoms with Crippen molar-refractivity contribution in [2.45, 2.75) is 32.5 Å². The Balaban J connectivity index is 2.26. The van der Waals surface area contributed by atoms with Crippen LogP contribution in [0.15, 0.2) is 18.2 Å². The number of nitrogens with zero attached hydrogens (tertiary/aromatic N) is 2. The molecule has 0 aromatic heterocycles. The van der Waals surface area contributed by atoms with Gasteiger partial charge in [-0.25, -0.2) is 4.39 Å². The Morgan fingerprint density at radius 3 is 2.78 bits per heavy atom. The maximum absolute atomic E-state index is 13.6. The van der Waals surface area contributed by atoms with Gasteiger partial charge >= 0.3 is 0 Å². The Kier molecular flexibility index (Phi) is 3.27. The largest absolute Gasteiger partial charge is 0.369 e. The molecule has 0 saturated carbocycles. The number of rotatable bonds is 1. The third-order valence-corrected chi connectivity index (χ3v) is 3.01. The van der Waals surface area contributed by atoms with Gasteiger partial charge in [0, 0.05) is 18.8 Å². The maximum atomic E-state index is 13.6. The quantitative estimate of drug-likeness (QED) is 0.766. The number of benzene rings is 1. The molecule has 0 spiro atoms. The van der Waals surface area contributed by atoms with Gasteiger partial charge in [-0.05, 0) is 39.0 Å². The molecule has 0 radical (unpaired) electrons. The normalized spacial score (nSPS) is 22.6. The fraction of sp³-hybridized carbons (Fsp3) is 0.500. The predicted octanol–water partition coefficient (Wildman–Crippen LogP) is 2.70. The lowest BCUT2D eigenvalue weighted by molar-refractivity contribution is -0.0749. The first-order valence-corrected chi connectivity index (χ1v) is 6.04. The molecule has 0 aliphatic carbocycles. The van der Waals surface area contributed by atoms with Crippen LogP contribution in [0, 0.1) is 17.1 Å². The van der Waals surface area contributed by atoms with Gasteiger partial charge in [0.1, 0.15) is 11.9 Å². The van der Waals surface area contributed by atoms with Gasteiger partial charge in [0.15, 0.2) is 0 Å². The third kappa shape index (κ3) is 2.62. The van der Waals surface area contributed by atoms with Crippen molar-refractivity contribution in [2.24, 2.45) is 0 Å². The van der Waals surface area contributed by atoms with E-state index in [2.05, 4.69) is 4.90 Å². The summed E-state index contributed by atoms with van der Waals surface area (Å²) in [5.41, 5.74) is 0.635. The summed E-state index contributed by atoms with van der Waals surface area (Å²) in [5, 5.41) is 8.72. The van der Waals surface area contributed by atoms with Gasteiger partial charge < -0.3 is 9.64 Å². The van der Waals surface area contributed by atoms with E-state index in [1.54, 1.807) is 6.07 Å². The molecule has 4 heteroatoms. The Morgan fingerprint density at radius 1 is 1.50 bits per heavy atom.